The van der Waals surface area contributed by atoms with Crippen molar-refractivity contribution in [3.8, 4) is 0 Å². The van der Waals surface area contributed by atoms with Crippen LogP contribution in [0.3, 0.4) is 0 Å². The average molecular weight is 434 g/mol. The molecule has 144 valence electrons. The number of amides is 1. The number of halogens is 3. The maximum absolute atomic E-state index is 12.5. The number of alkyl halides is 1. The molecule has 1 aliphatic heterocycles. The summed E-state index contributed by atoms with van der Waals surface area (Å²) in [6, 6.07) is 15.2. The molecule has 28 heavy (non-hydrogen) atoms. The molecule has 0 aromatic heterocycles. The number of benzene rings is 2. The largest absolute Gasteiger partial charge is 0.272 e. The van der Waals surface area contributed by atoms with E-state index in [0.29, 0.717) is 10.0 Å². The number of rotatable bonds is 3. The number of hydrogen-bond donors (Lipinski definition) is 0. The van der Waals surface area contributed by atoms with Crippen molar-refractivity contribution in [3.63, 3.8) is 0 Å². The summed E-state index contributed by atoms with van der Waals surface area (Å²) in [7, 11) is 0. The van der Waals surface area contributed by atoms with Crippen LogP contribution in [0.15, 0.2) is 59.2 Å². The van der Waals surface area contributed by atoms with Crippen molar-refractivity contribution in [2.75, 3.05) is 5.88 Å². The molecular weight excluding hydrogens is 415 g/mol. The van der Waals surface area contributed by atoms with Crippen molar-refractivity contribution in [2.24, 2.45) is 11.0 Å². The van der Waals surface area contributed by atoms with E-state index in [1.165, 1.54) is 5.57 Å². The van der Waals surface area contributed by atoms with Gasteiger partial charge in [0.1, 0.15) is 5.88 Å². The fourth-order valence-electron chi connectivity index (χ4n) is 4.02. The van der Waals surface area contributed by atoms with Gasteiger partial charge in [0.05, 0.1) is 11.8 Å². The van der Waals surface area contributed by atoms with Crippen molar-refractivity contribution in [1.29, 1.82) is 0 Å². The maximum atomic E-state index is 12.5. The van der Waals surface area contributed by atoms with Gasteiger partial charge in [-0.05, 0) is 66.3 Å². The van der Waals surface area contributed by atoms with Gasteiger partial charge in [0, 0.05) is 16.0 Å². The summed E-state index contributed by atoms with van der Waals surface area (Å²) in [5, 5.41) is 7.69. The van der Waals surface area contributed by atoms with Gasteiger partial charge in [-0.3, -0.25) is 4.79 Å². The van der Waals surface area contributed by atoms with E-state index in [2.05, 4.69) is 6.08 Å². The summed E-state index contributed by atoms with van der Waals surface area (Å²) in [6.45, 7) is 0. The second-order valence-corrected chi connectivity index (χ2v) is 8.21. The zero-order valence-electron chi connectivity index (χ0n) is 15.1. The number of nitrogens with zero attached hydrogens (tertiary/aromatic N) is 2. The molecule has 3 nitrogen and oxygen atoms in total. The van der Waals surface area contributed by atoms with Crippen molar-refractivity contribution in [1.82, 2.24) is 5.01 Å². The normalized spacial score (nSPS) is 22.9. The highest BCUT2D eigenvalue weighted by molar-refractivity contribution is 6.31. The first-order valence-electron chi connectivity index (χ1n) is 9.25. The predicted octanol–water partition coefficient (Wildman–Crippen LogP) is 6.36. The molecule has 2 aromatic carbocycles. The molecule has 0 radical (unpaired) electrons. The highest BCUT2D eigenvalue weighted by atomic mass is 35.5. The molecule has 1 saturated carbocycles. The topological polar surface area (TPSA) is 32.7 Å². The van der Waals surface area contributed by atoms with Crippen LogP contribution in [0.5, 0.6) is 0 Å². The molecule has 1 heterocycles. The SMILES string of the molecule is O=C(CCl)N1N=C2/C(=C\c3ccc(Cl)cc3)CCCC2C1c1ccc(Cl)cc1. The number of allylic oxidation sites excluding steroid dienone is 1. The van der Waals surface area contributed by atoms with Gasteiger partial charge in [0.25, 0.3) is 5.91 Å². The molecule has 0 spiro atoms. The van der Waals surface area contributed by atoms with E-state index in [-0.39, 0.29) is 23.7 Å². The maximum Gasteiger partial charge on any atom is 0.258 e. The van der Waals surface area contributed by atoms with Gasteiger partial charge < -0.3 is 0 Å². The second kappa shape index (κ2) is 8.28. The zero-order chi connectivity index (χ0) is 19.7. The first-order valence-corrected chi connectivity index (χ1v) is 10.5. The van der Waals surface area contributed by atoms with E-state index in [1.54, 1.807) is 5.01 Å². The highest BCUT2D eigenvalue weighted by Gasteiger charge is 2.43. The monoisotopic (exact) mass is 432 g/mol. The number of carbonyl (C=O) groups excluding carboxylic acids is 1. The second-order valence-electron chi connectivity index (χ2n) is 7.07. The summed E-state index contributed by atoms with van der Waals surface area (Å²) in [4.78, 5) is 12.5. The first-order chi connectivity index (χ1) is 13.6. The Kier molecular flexibility index (Phi) is 5.77. The Hall–Kier alpha value is -1.81. The number of hydrazone groups is 1. The minimum atomic E-state index is -0.186. The van der Waals surface area contributed by atoms with E-state index < -0.39 is 0 Å². The minimum absolute atomic E-state index is 0.0934. The van der Waals surface area contributed by atoms with Crippen LogP contribution in [0.25, 0.3) is 6.08 Å². The van der Waals surface area contributed by atoms with Gasteiger partial charge in [-0.25, -0.2) is 5.01 Å². The Morgan fingerprint density at radius 1 is 1.07 bits per heavy atom. The number of carbonyl (C=O) groups is 1. The smallest absolute Gasteiger partial charge is 0.258 e. The van der Waals surface area contributed by atoms with E-state index in [1.807, 2.05) is 48.5 Å². The molecule has 2 aromatic rings. The van der Waals surface area contributed by atoms with Crippen LogP contribution in [0, 0.1) is 5.92 Å². The first kappa shape index (κ1) is 19.5. The molecule has 4 rings (SSSR count). The molecule has 1 fully saturated rings. The van der Waals surface area contributed by atoms with Gasteiger partial charge in [-0.2, -0.15) is 5.10 Å². The van der Waals surface area contributed by atoms with Crippen molar-refractivity contribution in [3.05, 3.63) is 75.3 Å². The average Bonchev–Trinajstić information content (AvgIpc) is 3.10. The molecule has 2 aliphatic rings. The van der Waals surface area contributed by atoms with Gasteiger partial charge in [-0.1, -0.05) is 47.5 Å². The van der Waals surface area contributed by atoms with Crippen LogP contribution >= 0.6 is 34.8 Å². The predicted molar refractivity (Wildman–Crippen MR) is 116 cm³/mol. The molecule has 0 bridgehead atoms. The highest BCUT2D eigenvalue weighted by Crippen LogP contribution is 2.44. The lowest BCUT2D eigenvalue weighted by atomic mass is 9.77. The van der Waals surface area contributed by atoms with Crippen LogP contribution in [0.2, 0.25) is 10.0 Å². The fourth-order valence-corrected chi connectivity index (χ4v) is 4.40. The minimum Gasteiger partial charge on any atom is -0.272 e. The third-order valence-electron chi connectivity index (χ3n) is 5.29. The third kappa shape index (κ3) is 3.84. The molecule has 2 unspecified atom stereocenters. The lowest BCUT2D eigenvalue weighted by Crippen LogP contribution is -2.32. The van der Waals surface area contributed by atoms with E-state index in [0.717, 1.165) is 36.1 Å². The summed E-state index contributed by atoms with van der Waals surface area (Å²) >= 11 is 17.9. The quantitative estimate of drug-likeness (QED) is 0.519. The lowest BCUT2D eigenvalue weighted by Gasteiger charge is -2.29. The van der Waals surface area contributed by atoms with Crippen LogP contribution in [0.1, 0.15) is 36.4 Å². The van der Waals surface area contributed by atoms with Crippen LogP contribution < -0.4 is 0 Å². The van der Waals surface area contributed by atoms with E-state index >= 15 is 0 Å². The van der Waals surface area contributed by atoms with Crippen LogP contribution in [0.4, 0.5) is 0 Å². The molecule has 2 atom stereocenters. The van der Waals surface area contributed by atoms with Crippen LogP contribution in [-0.4, -0.2) is 22.5 Å². The van der Waals surface area contributed by atoms with Crippen LogP contribution in [-0.2, 0) is 4.79 Å². The number of hydrogen-bond acceptors (Lipinski definition) is 2. The van der Waals surface area contributed by atoms with E-state index in [4.69, 9.17) is 39.9 Å². The Morgan fingerprint density at radius 2 is 1.71 bits per heavy atom. The Labute approximate surface area is 179 Å². The van der Waals surface area contributed by atoms with Crippen molar-refractivity contribution < 1.29 is 4.79 Å². The summed E-state index contributed by atoms with van der Waals surface area (Å²) < 4.78 is 0. The lowest BCUT2D eigenvalue weighted by molar-refractivity contribution is -0.130. The fraction of sp³-hybridized carbons (Fsp3) is 0.273. The Morgan fingerprint density at radius 3 is 2.36 bits per heavy atom. The summed E-state index contributed by atoms with van der Waals surface area (Å²) in [5.74, 6) is -0.126. The van der Waals surface area contributed by atoms with Gasteiger partial charge in [0.2, 0.25) is 0 Å². The Balaban J connectivity index is 1.73. The molecule has 1 amide bonds. The van der Waals surface area contributed by atoms with Crippen molar-refractivity contribution in [2.45, 2.75) is 25.3 Å². The van der Waals surface area contributed by atoms with Gasteiger partial charge in [0.15, 0.2) is 0 Å². The van der Waals surface area contributed by atoms with E-state index in [9.17, 15) is 4.79 Å². The Bertz CT molecular complexity index is 935. The van der Waals surface area contributed by atoms with Gasteiger partial charge in [-0.15, -0.1) is 11.6 Å². The standard InChI is InChI=1S/C22H19Cl3N2O/c23-13-20(28)27-22(15-6-10-18(25)11-7-15)19-3-1-2-16(21(19)26-27)12-14-4-8-17(24)9-5-14/h4-12,19,22H,1-3,13H2/b16-12-. The third-order valence-corrected chi connectivity index (χ3v) is 6.03. The van der Waals surface area contributed by atoms with Crippen molar-refractivity contribution >= 4 is 52.5 Å². The molecular formula is C22H19Cl3N2O. The molecule has 0 saturated heterocycles. The summed E-state index contributed by atoms with van der Waals surface area (Å²) in [6.07, 6.45) is 5.12. The molecule has 1 aliphatic carbocycles. The van der Waals surface area contributed by atoms with Gasteiger partial charge >= 0.3 is 0 Å². The zero-order valence-corrected chi connectivity index (χ0v) is 17.4. The summed E-state index contributed by atoms with van der Waals surface area (Å²) in [5.41, 5.74) is 4.26. The molecule has 0 N–H and O–H groups in total. The molecule has 6 heteroatoms. The number of fused-ring (bicyclic) bond motifs is 1.